The molecule has 0 aliphatic carbocycles. The molecule has 9 heteroatoms. The summed E-state index contributed by atoms with van der Waals surface area (Å²) in [5.74, 6) is 0.221. The topological polar surface area (TPSA) is 124 Å². The van der Waals surface area contributed by atoms with Gasteiger partial charge in [-0.2, -0.15) is 10.5 Å². The van der Waals surface area contributed by atoms with Crippen LogP contribution in [0.5, 0.6) is 0 Å². The van der Waals surface area contributed by atoms with Gasteiger partial charge in [0.2, 0.25) is 10.0 Å². The first-order valence-electron chi connectivity index (χ1n) is 3.66. The van der Waals surface area contributed by atoms with Crippen molar-refractivity contribution in [3.05, 3.63) is 5.82 Å². The molecule has 76 valence electrons. The maximum Gasteiger partial charge on any atom is 0.228 e. The van der Waals surface area contributed by atoms with Crippen LogP contribution in [0.15, 0.2) is 0 Å². The van der Waals surface area contributed by atoms with Crippen LogP contribution in [0.1, 0.15) is 12.7 Å². The van der Waals surface area contributed by atoms with Crippen LogP contribution in [-0.2, 0) is 16.6 Å². The zero-order valence-electron chi connectivity index (χ0n) is 7.30. The third-order valence-electron chi connectivity index (χ3n) is 1.47. The first-order chi connectivity index (χ1) is 6.56. The molecule has 1 aromatic heterocycles. The SMILES string of the molecule is CC(C#N)S(=O)(=O)NCc1nn[nH]n1. The standard InChI is InChI=1S/C5H8N6O2S/c1-4(2-6)14(12,13)7-3-5-8-10-11-9-5/h4,7H,3H2,1H3,(H,8,9,10,11). The van der Waals surface area contributed by atoms with Crippen LogP contribution in [0.2, 0.25) is 0 Å². The molecule has 1 unspecified atom stereocenters. The van der Waals surface area contributed by atoms with E-state index in [4.69, 9.17) is 5.26 Å². The molecule has 1 rings (SSSR count). The van der Waals surface area contributed by atoms with Gasteiger partial charge in [-0.25, -0.2) is 13.1 Å². The fourth-order valence-corrected chi connectivity index (χ4v) is 1.34. The Bertz CT molecular complexity index is 418. The third kappa shape index (κ3) is 2.48. The van der Waals surface area contributed by atoms with E-state index >= 15 is 0 Å². The highest BCUT2D eigenvalue weighted by molar-refractivity contribution is 7.90. The van der Waals surface area contributed by atoms with Gasteiger partial charge in [-0.15, -0.1) is 10.2 Å². The summed E-state index contributed by atoms with van der Waals surface area (Å²) in [4.78, 5) is 0. The maximum absolute atomic E-state index is 11.2. The predicted molar refractivity (Wildman–Crippen MR) is 45.0 cm³/mol. The number of tetrazole rings is 1. The first-order valence-corrected chi connectivity index (χ1v) is 5.21. The Kier molecular flexibility index (Phi) is 3.10. The van der Waals surface area contributed by atoms with E-state index < -0.39 is 15.3 Å². The largest absolute Gasteiger partial charge is 0.228 e. The summed E-state index contributed by atoms with van der Waals surface area (Å²) in [5, 5.41) is 19.8. The molecule has 8 nitrogen and oxygen atoms in total. The van der Waals surface area contributed by atoms with Gasteiger partial charge >= 0.3 is 0 Å². The van der Waals surface area contributed by atoms with E-state index in [9.17, 15) is 8.42 Å². The first kappa shape index (κ1) is 10.6. The second-order valence-corrected chi connectivity index (χ2v) is 4.55. The smallest absolute Gasteiger partial charge is 0.211 e. The molecule has 0 spiro atoms. The van der Waals surface area contributed by atoms with E-state index in [2.05, 4.69) is 25.3 Å². The Morgan fingerprint density at radius 3 is 2.93 bits per heavy atom. The summed E-state index contributed by atoms with van der Waals surface area (Å²) >= 11 is 0. The Labute approximate surface area is 80.4 Å². The normalized spacial score (nSPS) is 13.4. The molecule has 1 atom stereocenters. The van der Waals surface area contributed by atoms with Crippen LogP contribution in [0, 0.1) is 11.3 Å². The number of aromatic nitrogens is 4. The lowest BCUT2D eigenvalue weighted by atomic mass is 10.5. The van der Waals surface area contributed by atoms with Gasteiger partial charge in [-0.05, 0) is 6.92 Å². The summed E-state index contributed by atoms with van der Waals surface area (Å²) in [5.41, 5.74) is 0. The summed E-state index contributed by atoms with van der Waals surface area (Å²) in [6, 6.07) is 1.62. The molecule has 0 aromatic carbocycles. The second kappa shape index (κ2) is 4.12. The van der Waals surface area contributed by atoms with Crippen LogP contribution >= 0.6 is 0 Å². The zero-order valence-corrected chi connectivity index (χ0v) is 8.11. The predicted octanol–water partition coefficient (Wildman–Crippen LogP) is -1.47. The lowest BCUT2D eigenvalue weighted by Gasteiger charge is -2.04. The molecule has 1 aromatic rings. The number of H-pyrrole nitrogens is 1. The number of nitriles is 1. The van der Waals surface area contributed by atoms with Crippen LogP contribution in [-0.4, -0.2) is 34.3 Å². The van der Waals surface area contributed by atoms with E-state index in [1.54, 1.807) is 6.07 Å². The number of sulfonamides is 1. The van der Waals surface area contributed by atoms with E-state index in [1.165, 1.54) is 6.92 Å². The highest BCUT2D eigenvalue weighted by Gasteiger charge is 2.19. The molecular formula is C5H8N6O2S. The van der Waals surface area contributed by atoms with Crippen molar-refractivity contribution in [2.45, 2.75) is 18.7 Å². The molecule has 0 saturated carbocycles. The van der Waals surface area contributed by atoms with E-state index in [0.717, 1.165) is 0 Å². The Balaban J connectivity index is 2.58. The molecule has 0 aliphatic heterocycles. The lowest BCUT2D eigenvalue weighted by Crippen LogP contribution is -2.31. The van der Waals surface area contributed by atoms with Crippen molar-refractivity contribution in [3.8, 4) is 6.07 Å². The van der Waals surface area contributed by atoms with Crippen molar-refractivity contribution in [2.24, 2.45) is 0 Å². The quantitative estimate of drug-likeness (QED) is 0.633. The average molecular weight is 216 g/mol. The van der Waals surface area contributed by atoms with E-state index in [1.807, 2.05) is 0 Å². The van der Waals surface area contributed by atoms with Gasteiger partial charge in [0.15, 0.2) is 11.1 Å². The van der Waals surface area contributed by atoms with Gasteiger partial charge in [0.05, 0.1) is 12.6 Å². The molecule has 0 saturated heterocycles. The van der Waals surface area contributed by atoms with Crippen LogP contribution in [0.4, 0.5) is 0 Å². The van der Waals surface area contributed by atoms with Crippen molar-refractivity contribution >= 4 is 10.0 Å². The van der Waals surface area contributed by atoms with E-state index in [-0.39, 0.29) is 12.4 Å². The number of nitrogens with zero attached hydrogens (tertiary/aromatic N) is 4. The fourth-order valence-electron chi connectivity index (χ4n) is 0.617. The number of hydrogen-bond donors (Lipinski definition) is 2. The molecule has 0 bridgehead atoms. The summed E-state index contributed by atoms with van der Waals surface area (Å²) in [7, 11) is -3.62. The van der Waals surface area contributed by atoms with Gasteiger partial charge in [-0.1, -0.05) is 5.21 Å². The molecule has 1 heterocycles. The van der Waals surface area contributed by atoms with Crippen molar-refractivity contribution in [1.82, 2.24) is 25.3 Å². The summed E-state index contributed by atoms with van der Waals surface area (Å²) in [6.45, 7) is 1.21. The summed E-state index contributed by atoms with van der Waals surface area (Å²) in [6.07, 6.45) is 0. The molecular weight excluding hydrogens is 208 g/mol. The summed E-state index contributed by atoms with van der Waals surface area (Å²) < 4.78 is 24.7. The van der Waals surface area contributed by atoms with E-state index in [0.29, 0.717) is 0 Å². The van der Waals surface area contributed by atoms with Gasteiger partial charge in [0, 0.05) is 0 Å². The minimum atomic E-state index is -3.62. The van der Waals surface area contributed by atoms with Crippen LogP contribution < -0.4 is 4.72 Å². The monoisotopic (exact) mass is 216 g/mol. The van der Waals surface area contributed by atoms with Crippen LogP contribution in [0.25, 0.3) is 0 Å². The zero-order chi connectivity index (χ0) is 10.6. The second-order valence-electron chi connectivity index (χ2n) is 2.47. The molecule has 14 heavy (non-hydrogen) atoms. The third-order valence-corrected chi connectivity index (χ3v) is 3.05. The van der Waals surface area contributed by atoms with Crippen molar-refractivity contribution in [2.75, 3.05) is 0 Å². The number of rotatable bonds is 4. The van der Waals surface area contributed by atoms with Crippen LogP contribution in [0.3, 0.4) is 0 Å². The highest BCUT2D eigenvalue weighted by atomic mass is 32.2. The molecule has 0 amide bonds. The van der Waals surface area contributed by atoms with Gasteiger partial charge in [-0.3, -0.25) is 0 Å². The molecule has 0 fully saturated rings. The minimum absolute atomic E-state index is 0.0785. The van der Waals surface area contributed by atoms with Crippen molar-refractivity contribution in [1.29, 1.82) is 5.26 Å². The Hall–Kier alpha value is -1.53. The van der Waals surface area contributed by atoms with Crippen molar-refractivity contribution in [3.63, 3.8) is 0 Å². The van der Waals surface area contributed by atoms with Gasteiger partial charge < -0.3 is 0 Å². The Morgan fingerprint density at radius 2 is 2.43 bits per heavy atom. The molecule has 2 N–H and O–H groups in total. The van der Waals surface area contributed by atoms with Gasteiger partial charge in [0.1, 0.15) is 0 Å². The Morgan fingerprint density at radius 1 is 1.71 bits per heavy atom. The number of nitrogens with one attached hydrogen (secondary N) is 2. The fraction of sp³-hybridized carbons (Fsp3) is 0.600. The highest BCUT2D eigenvalue weighted by Crippen LogP contribution is 1.96. The lowest BCUT2D eigenvalue weighted by molar-refractivity contribution is 0.575. The minimum Gasteiger partial charge on any atom is -0.211 e. The molecule has 0 radical (unpaired) electrons. The van der Waals surface area contributed by atoms with Crippen molar-refractivity contribution < 1.29 is 8.42 Å². The maximum atomic E-state index is 11.2. The number of aromatic amines is 1. The molecule has 0 aliphatic rings. The number of hydrogen-bond acceptors (Lipinski definition) is 6. The average Bonchev–Trinajstić information content (AvgIpc) is 2.66. The van der Waals surface area contributed by atoms with Gasteiger partial charge in [0.25, 0.3) is 0 Å².